The van der Waals surface area contributed by atoms with Gasteiger partial charge < -0.3 is 15.8 Å². The fourth-order valence-corrected chi connectivity index (χ4v) is 1.07. The van der Waals surface area contributed by atoms with Crippen molar-refractivity contribution in [3.63, 3.8) is 0 Å². The Hall–Kier alpha value is -1.88. The second-order valence-corrected chi connectivity index (χ2v) is 3.38. The average Bonchev–Trinajstić information content (AvgIpc) is 2.28. The first-order chi connectivity index (χ1) is 7.63. The summed E-state index contributed by atoms with van der Waals surface area (Å²) < 4.78 is 4.59. The van der Waals surface area contributed by atoms with Gasteiger partial charge in [0, 0.05) is 5.69 Å². The van der Waals surface area contributed by atoms with Crippen molar-refractivity contribution in [2.75, 3.05) is 5.32 Å². The molecule has 0 aliphatic rings. The van der Waals surface area contributed by atoms with Crippen LogP contribution in [0.25, 0.3) is 0 Å². The minimum Gasteiger partial charge on any atom is -0.463 e. The molecular formula is C11H14N2O3. The molecule has 1 rings (SSSR count). The number of hydrogen-bond donors (Lipinski definition) is 2. The highest BCUT2D eigenvalue weighted by molar-refractivity contribution is 5.94. The predicted molar refractivity (Wildman–Crippen MR) is 59.6 cm³/mol. The molecule has 0 spiro atoms. The van der Waals surface area contributed by atoms with E-state index in [1.54, 1.807) is 31.2 Å². The summed E-state index contributed by atoms with van der Waals surface area (Å²) in [5.74, 6) is -0.239. The first-order valence-electron chi connectivity index (χ1n) is 4.84. The van der Waals surface area contributed by atoms with Gasteiger partial charge in [-0.15, -0.1) is 0 Å². The zero-order valence-corrected chi connectivity index (χ0v) is 8.97. The maximum absolute atomic E-state index is 11.3. The highest BCUT2D eigenvalue weighted by Crippen LogP contribution is 2.10. The average molecular weight is 222 g/mol. The standard InChI is InChI=1S/C11H14N2O3/c1-8(12)11(15)13-10-4-2-9(3-5-10)6-16-7-14/h2-5,7-8H,6,12H2,1H3,(H,13,15)/t8-/m0/s1. The van der Waals surface area contributed by atoms with Gasteiger partial charge >= 0.3 is 0 Å². The molecule has 0 fully saturated rings. The van der Waals surface area contributed by atoms with Crippen LogP contribution in [0.3, 0.4) is 0 Å². The molecule has 0 unspecified atom stereocenters. The lowest BCUT2D eigenvalue weighted by Crippen LogP contribution is -2.32. The van der Waals surface area contributed by atoms with Crippen LogP contribution in [0.2, 0.25) is 0 Å². The van der Waals surface area contributed by atoms with Crippen LogP contribution in [0, 0.1) is 0 Å². The SMILES string of the molecule is C[C@H](N)C(=O)Nc1ccc(COC=O)cc1. The molecule has 0 heterocycles. The van der Waals surface area contributed by atoms with Gasteiger partial charge in [0.1, 0.15) is 6.61 Å². The van der Waals surface area contributed by atoms with E-state index in [4.69, 9.17) is 5.73 Å². The third-order valence-corrected chi connectivity index (χ3v) is 1.95. The largest absolute Gasteiger partial charge is 0.463 e. The molecule has 3 N–H and O–H groups in total. The van der Waals surface area contributed by atoms with Gasteiger partial charge in [-0.2, -0.15) is 0 Å². The molecule has 1 atom stereocenters. The third kappa shape index (κ3) is 3.70. The maximum Gasteiger partial charge on any atom is 0.293 e. The Morgan fingerprint density at radius 1 is 1.50 bits per heavy atom. The molecule has 0 saturated carbocycles. The van der Waals surface area contributed by atoms with Crippen molar-refractivity contribution in [1.82, 2.24) is 0 Å². The number of hydrogen-bond acceptors (Lipinski definition) is 4. The summed E-state index contributed by atoms with van der Waals surface area (Å²) >= 11 is 0. The van der Waals surface area contributed by atoms with Crippen LogP contribution in [0.1, 0.15) is 12.5 Å². The van der Waals surface area contributed by atoms with Gasteiger partial charge in [0.15, 0.2) is 0 Å². The minimum absolute atomic E-state index is 0.227. The fourth-order valence-electron chi connectivity index (χ4n) is 1.07. The Labute approximate surface area is 93.6 Å². The first-order valence-corrected chi connectivity index (χ1v) is 4.84. The Morgan fingerprint density at radius 2 is 2.12 bits per heavy atom. The van der Waals surface area contributed by atoms with Crippen LogP contribution in [-0.2, 0) is 20.9 Å². The fraction of sp³-hybridized carbons (Fsp3) is 0.273. The summed E-state index contributed by atoms with van der Waals surface area (Å²) in [6.45, 7) is 2.23. The lowest BCUT2D eigenvalue weighted by molar-refractivity contribution is -0.129. The molecule has 0 aliphatic carbocycles. The number of rotatable bonds is 5. The van der Waals surface area contributed by atoms with Crippen LogP contribution in [0.15, 0.2) is 24.3 Å². The molecule has 5 heteroatoms. The van der Waals surface area contributed by atoms with Crippen molar-refractivity contribution in [3.05, 3.63) is 29.8 Å². The second-order valence-electron chi connectivity index (χ2n) is 3.38. The molecule has 1 aromatic rings. The van der Waals surface area contributed by atoms with Crippen LogP contribution in [-0.4, -0.2) is 18.4 Å². The summed E-state index contributed by atoms with van der Waals surface area (Å²) in [4.78, 5) is 21.2. The smallest absolute Gasteiger partial charge is 0.293 e. The number of ether oxygens (including phenoxy) is 1. The summed E-state index contributed by atoms with van der Waals surface area (Å²) in [7, 11) is 0. The number of benzene rings is 1. The lowest BCUT2D eigenvalue weighted by atomic mass is 10.2. The highest BCUT2D eigenvalue weighted by atomic mass is 16.5. The second kappa shape index (κ2) is 5.87. The van der Waals surface area contributed by atoms with E-state index in [0.29, 0.717) is 12.2 Å². The van der Waals surface area contributed by atoms with Gasteiger partial charge in [-0.25, -0.2) is 0 Å². The molecule has 16 heavy (non-hydrogen) atoms. The third-order valence-electron chi connectivity index (χ3n) is 1.95. The van der Waals surface area contributed by atoms with E-state index in [9.17, 15) is 9.59 Å². The normalized spacial score (nSPS) is 11.6. The molecular weight excluding hydrogens is 208 g/mol. The van der Waals surface area contributed by atoms with Gasteiger partial charge in [-0.05, 0) is 24.6 Å². The van der Waals surface area contributed by atoms with Gasteiger partial charge in [-0.1, -0.05) is 12.1 Å². The Balaban J connectivity index is 2.57. The van der Waals surface area contributed by atoms with E-state index in [0.717, 1.165) is 5.56 Å². The number of nitrogens with one attached hydrogen (secondary N) is 1. The predicted octanol–water partition coefficient (Wildman–Crippen LogP) is 0.645. The number of anilines is 1. The van der Waals surface area contributed by atoms with E-state index in [1.807, 2.05) is 0 Å². The lowest BCUT2D eigenvalue weighted by Gasteiger charge is -2.08. The molecule has 5 nitrogen and oxygen atoms in total. The van der Waals surface area contributed by atoms with Gasteiger partial charge in [0.25, 0.3) is 6.47 Å². The number of amides is 1. The van der Waals surface area contributed by atoms with Crippen LogP contribution < -0.4 is 11.1 Å². The monoisotopic (exact) mass is 222 g/mol. The molecule has 0 aromatic heterocycles. The summed E-state index contributed by atoms with van der Waals surface area (Å²) in [6, 6.07) is 6.44. The topological polar surface area (TPSA) is 81.4 Å². The van der Waals surface area contributed by atoms with E-state index < -0.39 is 6.04 Å². The van der Waals surface area contributed by atoms with Crippen molar-refractivity contribution in [3.8, 4) is 0 Å². The molecule has 0 aliphatic heterocycles. The summed E-state index contributed by atoms with van der Waals surface area (Å²) in [5, 5.41) is 2.65. The van der Waals surface area contributed by atoms with Crippen LogP contribution in [0.5, 0.6) is 0 Å². The van der Waals surface area contributed by atoms with Gasteiger partial charge in [0.05, 0.1) is 6.04 Å². The molecule has 0 saturated heterocycles. The number of nitrogens with two attached hydrogens (primary N) is 1. The first kappa shape index (κ1) is 12.2. The zero-order valence-electron chi connectivity index (χ0n) is 8.97. The van der Waals surface area contributed by atoms with Gasteiger partial charge in [0.2, 0.25) is 5.91 Å². The zero-order chi connectivity index (χ0) is 12.0. The van der Waals surface area contributed by atoms with E-state index in [-0.39, 0.29) is 12.5 Å². The molecule has 86 valence electrons. The Morgan fingerprint density at radius 3 is 2.62 bits per heavy atom. The Kier molecular flexibility index (Phi) is 4.47. The Bertz CT molecular complexity index is 360. The summed E-state index contributed by atoms with van der Waals surface area (Å²) in [6.07, 6.45) is 0. The minimum atomic E-state index is -0.543. The molecule has 0 radical (unpaired) electrons. The number of carbonyl (C=O) groups is 2. The molecule has 0 bridgehead atoms. The van der Waals surface area contributed by atoms with Crippen molar-refractivity contribution in [2.45, 2.75) is 19.6 Å². The number of carbonyl (C=O) groups excluding carboxylic acids is 2. The van der Waals surface area contributed by atoms with Crippen LogP contribution in [0.4, 0.5) is 5.69 Å². The van der Waals surface area contributed by atoms with E-state index >= 15 is 0 Å². The molecule has 1 amide bonds. The maximum atomic E-state index is 11.3. The van der Waals surface area contributed by atoms with E-state index in [2.05, 4.69) is 10.1 Å². The van der Waals surface area contributed by atoms with Crippen molar-refractivity contribution in [1.29, 1.82) is 0 Å². The van der Waals surface area contributed by atoms with Crippen molar-refractivity contribution >= 4 is 18.1 Å². The van der Waals surface area contributed by atoms with Crippen molar-refractivity contribution in [2.24, 2.45) is 5.73 Å². The van der Waals surface area contributed by atoms with Crippen molar-refractivity contribution < 1.29 is 14.3 Å². The molecule has 1 aromatic carbocycles. The summed E-state index contributed by atoms with van der Waals surface area (Å²) in [5.41, 5.74) is 6.93. The quantitative estimate of drug-likeness (QED) is 0.716. The van der Waals surface area contributed by atoms with Crippen LogP contribution >= 0.6 is 0 Å². The highest BCUT2D eigenvalue weighted by Gasteiger charge is 2.06. The van der Waals surface area contributed by atoms with Gasteiger partial charge in [-0.3, -0.25) is 9.59 Å². The van der Waals surface area contributed by atoms with E-state index in [1.165, 1.54) is 0 Å².